The second-order valence-electron chi connectivity index (χ2n) is 10.8. The summed E-state index contributed by atoms with van der Waals surface area (Å²) in [6.07, 6.45) is 11.5. The van der Waals surface area contributed by atoms with Crippen molar-refractivity contribution >= 4 is 5.91 Å². The molecule has 0 spiro atoms. The van der Waals surface area contributed by atoms with Crippen molar-refractivity contribution in [3.63, 3.8) is 0 Å². The minimum Gasteiger partial charge on any atom is -0.342 e. The summed E-state index contributed by atoms with van der Waals surface area (Å²) in [5, 5.41) is 3.67. The standard InChI is InChI=1S/C22H35FN2O/c1-19-9-4-10-22(19,24-21(23)13-14-21)16-5-6-17-20(2,15(16)7-11-19)12-8-18(26)25(17)3/h15-17,24H,4-14H2,1-3H3/t15-,16+,17+,19-,20+,22+/m0/s1. The number of carbonyl (C=O) groups excluding carboxylic acids is 1. The Bertz CT molecular complexity index is 634. The Kier molecular flexibility index (Phi) is 3.52. The number of nitrogens with one attached hydrogen (secondary N) is 1. The molecule has 5 fully saturated rings. The number of alkyl halides is 1. The number of amides is 1. The average Bonchev–Trinajstić information content (AvgIpc) is 3.21. The lowest BCUT2D eigenvalue weighted by atomic mass is 9.45. The first kappa shape index (κ1) is 17.5. The first-order chi connectivity index (χ1) is 12.2. The third-order valence-corrected chi connectivity index (χ3v) is 9.74. The van der Waals surface area contributed by atoms with E-state index >= 15 is 4.39 Å². The molecule has 1 aliphatic heterocycles. The molecule has 4 heteroatoms. The topological polar surface area (TPSA) is 32.3 Å². The van der Waals surface area contributed by atoms with E-state index in [-0.39, 0.29) is 16.4 Å². The molecule has 0 radical (unpaired) electrons. The fourth-order valence-electron chi connectivity index (χ4n) is 8.09. The monoisotopic (exact) mass is 362 g/mol. The molecule has 0 unspecified atom stereocenters. The van der Waals surface area contributed by atoms with Crippen LogP contribution < -0.4 is 5.32 Å². The largest absolute Gasteiger partial charge is 0.342 e. The van der Waals surface area contributed by atoms with Crippen LogP contribution in [0.3, 0.4) is 0 Å². The van der Waals surface area contributed by atoms with Crippen molar-refractivity contribution in [3.05, 3.63) is 0 Å². The number of hydrogen-bond acceptors (Lipinski definition) is 2. The van der Waals surface area contributed by atoms with E-state index in [4.69, 9.17) is 0 Å². The number of carbonyl (C=O) groups is 1. The quantitative estimate of drug-likeness (QED) is 0.738. The minimum atomic E-state index is -1.09. The van der Waals surface area contributed by atoms with Crippen LogP contribution in [0, 0.1) is 22.7 Å². The Hall–Kier alpha value is -0.640. The highest BCUT2D eigenvalue weighted by Crippen LogP contribution is 2.67. The van der Waals surface area contributed by atoms with Crippen LogP contribution in [0.25, 0.3) is 0 Å². The van der Waals surface area contributed by atoms with E-state index in [0.29, 0.717) is 43.0 Å². The minimum absolute atomic E-state index is 0.0187. The van der Waals surface area contributed by atoms with Crippen molar-refractivity contribution in [2.75, 3.05) is 7.05 Å². The molecule has 0 aromatic heterocycles. The van der Waals surface area contributed by atoms with E-state index < -0.39 is 5.79 Å². The fraction of sp³-hybridized carbons (Fsp3) is 0.955. The Balaban J connectivity index is 1.53. The van der Waals surface area contributed by atoms with Gasteiger partial charge < -0.3 is 4.90 Å². The van der Waals surface area contributed by atoms with E-state index in [1.807, 2.05) is 7.05 Å². The highest BCUT2D eigenvalue weighted by Gasteiger charge is 2.67. The van der Waals surface area contributed by atoms with Gasteiger partial charge in [-0.15, -0.1) is 0 Å². The molecule has 1 N–H and O–H groups in total. The Morgan fingerprint density at radius 3 is 2.50 bits per heavy atom. The van der Waals surface area contributed by atoms with Gasteiger partial charge >= 0.3 is 0 Å². The molecule has 26 heavy (non-hydrogen) atoms. The number of halogens is 1. The zero-order valence-electron chi connectivity index (χ0n) is 16.7. The van der Waals surface area contributed by atoms with Gasteiger partial charge in [-0.05, 0) is 80.5 Å². The lowest BCUT2D eigenvalue weighted by Gasteiger charge is -2.65. The van der Waals surface area contributed by atoms with Gasteiger partial charge in [-0.1, -0.05) is 20.3 Å². The molecular weight excluding hydrogens is 327 g/mol. The van der Waals surface area contributed by atoms with Crippen LogP contribution in [0.2, 0.25) is 0 Å². The molecule has 0 bridgehead atoms. The van der Waals surface area contributed by atoms with Gasteiger partial charge in [0.25, 0.3) is 0 Å². The lowest BCUT2D eigenvalue weighted by molar-refractivity contribution is -0.164. The number of nitrogens with zero attached hydrogens (tertiary/aromatic N) is 1. The number of piperidine rings is 1. The zero-order chi connectivity index (χ0) is 18.4. The molecule has 6 atom stereocenters. The molecule has 146 valence electrons. The normalized spacial score (nSPS) is 52.2. The third-order valence-electron chi connectivity index (χ3n) is 9.74. The van der Waals surface area contributed by atoms with Gasteiger partial charge in [0.2, 0.25) is 5.91 Å². The maximum Gasteiger partial charge on any atom is 0.222 e. The number of hydrogen-bond donors (Lipinski definition) is 1. The van der Waals surface area contributed by atoms with E-state index in [0.717, 1.165) is 25.7 Å². The van der Waals surface area contributed by atoms with Crippen molar-refractivity contribution in [1.29, 1.82) is 0 Å². The average molecular weight is 363 g/mol. The molecule has 4 saturated carbocycles. The van der Waals surface area contributed by atoms with Crippen LogP contribution in [0.5, 0.6) is 0 Å². The summed E-state index contributed by atoms with van der Waals surface area (Å²) in [5.41, 5.74) is 0.432. The number of rotatable bonds is 2. The maximum absolute atomic E-state index is 15.0. The zero-order valence-corrected chi connectivity index (χ0v) is 16.7. The van der Waals surface area contributed by atoms with Crippen LogP contribution in [0.4, 0.5) is 4.39 Å². The van der Waals surface area contributed by atoms with Crippen LogP contribution in [-0.4, -0.2) is 35.2 Å². The fourth-order valence-corrected chi connectivity index (χ4v) is 8.09. The Morgan fingerprint density at radius 1 is 1.00 bits per heavy atom. The molecule has 1 amide bonds. The molecule has 5 rings (SSSR count). The van der Waals surface area contributed by atoms with Crippen LogP contribution >= 0.6 is 0 Å². The summed E-state index contributed by atoms with van der Waals surface area (Å²) in [6, 6.07) is 0.382. The molecule has 5 aliphatic rings. The van der Waals surface area contributed by atoms with Gasteiger partial charge in [0.05, 0.1) is 0 Å². The third kappa shape index (κ3) is 2.11. The second-order valence-corrected chi connectivity index (χ2v) is 10.8. The summed E-state index contributed by atoms with van der Waals surface area (Å²) in [4.78, 5) is 14.4. The molecule has 0 aromatic carbocycles. The Morgan fingerprint density at radius 2 is 1.77 bits per heavy atom. The summed E-state index contributed by atoms with van der Waals surface area (Å²) < 4.78 is 15.0. The molecule has 0 aromatic rings. The predicted molar refractivity (Wildman–Crippen MR) is 100 cm³/mol. The van der Waals surface area contributed by atoms with Crippen LogP contribution in [0.15, 0.2) is 0 Å². The smallest absolute Gasteiger partial charge is 0.222 e. The number of fused-ring (bicyclic) bond motifs is 5. The van der Waals surface area contributed by atoms with E-state index in [1.165, 1.54) is 25.7 Å². The van der Waals surface area contributed by atoms with Gasteiger partial charge in [-0.2, -0.15) is 0 Å². The highest BCUT2D eigenvalue weighted by atomic mass is 19.1. The van der Waals surface area contributed by atoms with Gasteiger partial charge in [-0.3, -0.25) is 10.1 Å². The van der Waals surface area contributed by atoms with Crippen molar-refractivity contribution < 1.29 is 9.18 Å². The molecular formula is C22H35FN2O. The molecule has 1 saturated heterocycles. The molecule has 3 nitrogen and oxygen atoms in total. The number of likely N-dealkylation sites (tertiary alicyclic amines) is 1. The van der Waals surface area contributed by atoms with Crippen LogP contribution in [0.1, 0.15) is 84.5 Å². The SMILES string of the molecule is CN1C(=O)CC[C@]2(C)[C@H]3CC[C@]4(C)CCC[C@@]4(NC4(F)CC4)[C@@H]3CC[C@@H]12. The second kappa shape index (κ2) is 5.24. The van der Waals surface area contributed by atoms with Crippen molar-refractivity contribution in [2.24, 2.45) is 22.7 Å². The summed E-state index contributed by atoms with van der Waals surface area (Å²) in [7, 11) is 2.02. The van der Waals surface area contributed by atoms with Gasteiger partial charge in [0.15, 0.2) is 5.79 Å². The van der Waals surface area contributed by atoms with Crippen LogP contribution in [-0.2, 0) is 4.79 Å². The van der Waals surface area contributed by atoms with Crippen molar-refractivity contribution in [1.82, 2.24) is 10.2 Å². The van der Waals surface area contributed by atoms with Crippen molar-refractivity contribution in [3.8, 4) is 0 Å². The van der Waals surface area contributed by atoms with Gasteiger partial charge in [0, 0.05) is 25.0 Å². The first-order valence-electron chi connectivity index (χ1n) is 11.0. The molecule has 1 heterocycles. The maximum atomic E-state index is 15.0. The van der Waals surface area contributed by atoms with Gasteiger partial charge in [0.1, 0.15) is 0 Å². The Labute approximate surface area is 157 Å². The van der Waals surface area contributed by atoms with E-state index in [1.54, 1.807) is 0 Å². The van der Waals surface area contributed by atoms with E-state index in [9.17, 15) is 4.79 Å². The van der Waals surface area contributed by atoms with E-state index in [2.05, 4.69) is 24.1 Å². The summed E-state index contributed by atoms with van der Waals surface area (Å²) >= 11 is 0. The van der Waals surface area contributed by atoms with Gasteiger partial charge in [-0.25, -0.2) is 4.39 Å². The first-order valence-corrected chi connectivity index (χ1v) is 11.0. The highest BCUT2D eigenvalue weighted by molar-refractivity contribution is 5.77. The summed E-state index contributed by atoms with van der Waals surface area (Å²) in [5.74, 6) is 0.420. The predicted octanol–water partition coefficient (Wildman–Crippen LogP) is 4.41. The lowest BCUT2D eigenvalue weighted by Crippen LogP contribution is -2.70. The summed E-state index contributed by atoms with van der Waals surface area (Å²) in [6.45, 7) is 4.89. The van der Waals surface area contributed by atoms with Crippen molar-refractivity contribution in [2.45, 2.75) is 102 Å². The molecule has 4 aliphatic carbocycles.